The van der Waals surface area contributed by atoms with Gasteiger partial charge < -0.3 is 15.2 Å². The predicted octanol–water partition coefficient (Wildman–Crippen LogP) is 0.784. The van der Waals surface area contributed by atoms with E-state index in [0.29, 0.717) is 12.5 Å². The van der Waals surface area contributed by atoms with E-state index in [2.05, 4.69) is 10.1 Å². The summed E-state index contributed by atoms with van der Waals surface area (Å²) in [5.74, 6) is -0.705. The number of nitrogens with one attached hydrogen (secondary N) is 1. The highest BCUT2D eigenvalue weighted by molar-refractivity contribution is 5.77. The molecular weight excluding hydrogens is 210 g/mol. The molecule has 1 rings (SSSR count). The van der Waals surface area contributed by atoms with Crippen LogP contribution in [-0.2, 0) is 14.3 Å². The van der Waals surface area contributed by atoms with E-state index in [9.17, 15) is 9.59 Å². The molecule has 1 aliphatic rings. The maximum atomic E-state index is 11.2. The van der Waals surface area contributed by atoms with Gasteiger partial charge in [0.1, 0.15) is 13.2 Å². The highest BCUT2D eigenvalue weighted by Crippen LogP contribution is 2.22. The molecule has 1 saturated carbocycles. The third kappa shape index (κ3) is 5.70. The number of hydrogen-bond acceptors (Lipinski definition) is 3. The van der Waals surface area contributed by atoms with Crippen LogP contribution in [0.5, 0.6) is 0 Å². The average Bonchev–Trinajstić information content (AvgIpc) is 2.27. The molecule has 16 heavy (non-hydrogen) atoms. The van der Waals surface area contributed by atoms with Gasteiger partial charge in [-0.2, -0.15) is 0 Å². The van der Waals surface area contributed by atoms with Gasteiger partial charge in [0.05, 0.1) is 0 Å². The Morgan fingerprint density at radius 3 is 2.50 bits per heavy atom. The van der Waals surface area contributed by atoms with Gasteiger partial charge in [-0.3, -0.25) is 4.79 Å². The maximum absolute atomic E-state index is 11.2. The molecule has 0 aromatic rings. The third-order valence-electron chi connectivity index (χ3n) is 2.77. The summed E-state index contributed by atoms with van der Waals surface area (Å²) in [6.45, 7) is 0.102. The molecule has 0 atom stereocenters. The molecule has 0 saturated heterocycles. The molecule has 0 bridgehead atoms. The number of carboxylic acid groups (broad SMARTS) is 1. The van der Waals surface area contributed by atoms with E-state index in [4.69, 9.17) is 5.11 Å². The van der Waals surface area contributed by atoms with Crippen LogP contribution in [0.2, 0.25) is 0 Å². The van der Waals surface area contributed by atoms with Crippen molar-refractivity contribution in [1.82, 2.24) is 5.32 Å². The molecule has 5 heteroatoms. The normalized spacial score (nSPS) is 17.0. The van der Waals surface area contributed by atoms with E-state index in [1.807, 2.05) is 0 Å². The number of rotatable bonds is 6. The van der Waals surface area contributed by atoms with Crippen LogP contribution in [0, 0.1) is 5.92 Å². The van der Waals surface area contributed by atoms with Crippen molar-refractivity contribution < 1.29 is 19.4 Å². The van der Waals surface area contributed by atoms with Gasteiger partial charge in [-0.25, -0.2) is 4.79 Å². The van der Waals surface area contributed by atoms with Crippen molar-refractivity contribution in [1.29, 1.82) is 0 Å². The average molecular weight is 229 g/mol. The van der Waals surface area contributed by atoms with E-state index >= 15 is 0 Å². The summed E-state index contributed by atoms with van der Waals surface area (Å²) in [6, 6.07) is 0. The van der Waals surface area contributed by atoms with Crippen molar-refractivity contribution >= 4 is 11.9 Å². The van der Waals surface area contributed by atoms with E-state index in [0.717, 1.165) is 0 Å². The van der Waals surface area contributed by atoms with Crippen LogP contribution < -0.4 is 5.32 Å². The first-order valence-electron chi connectivity index (χ1n) is 5.74. The molecule has 1 amide bonds. The first-order chi connectivity index (χ1) is 7.68. The van der Waals surface area contributed by atoms with Gasteiger partial charge in [0.15, 0.2) is 0 Å². The summed E-state index contributed by atoms with van der Waals surface area (Å²) in [4.78, 5) is 21.4. The summed E-state index contributed by atoms with van der Waals surface area (Å²) in [6.07, 6.45) is 6.14. The summed E-state index contributed by atoms with van der Waals surface area (Å²) in [7, 11) is 0. The van der Waals surface area contributed by atoms with Gasteiger partial charge >= 0.3 is 5.97 Å². The molecule has 0 unspecified atom stereocenters. The highest BCUT2D eigenvalue weighted by Gasteiger charge is 2.14. The summed E-state index contributed by atoms with van der Waals surface area (Å²) in [5.41, 5.74) is 0. The van der Waals surface area contributed by atoms with Crippen molar-refractivity contribution in [2.45, 2.75) is 32.1 Å². The lowest BCUT2D eigenvalue weighted by molar-refractivity contribution is -0.143. The summed E-state index contributed by atoms with van der Waals surface area (Å²) >= 11 is 0. The van der Waals surface area contributed by atoms with Crippen molar-refractivity contribution in [2.24, 2.45) is 5.92 Å². The Morgan fingerprint density at radius 1 is 1.19 bits per heavy atom. The van der Waals surface area contributed by atoms with Crippen molar-refractivity contribution in [3.8, 4) is 0 Å². The van der Waals surface area contributed by atoms with Gasteiger partial charge in [-0.15, -0.1) is 0 Å². The lowest BCUT2D eigenvalue weighted by atomic mass is 9.89. The Kier molecular flexibility index (Phi) is 5.85. The fourth-order valence-electron chi connectivity index (χ4n) is 1.93. The molecule has 0 aromatic heterocycles. The van der Waals surface area contributed by atoms with Crippen LogP contribution in [0.4, 0.5) is 0 Å². The number of hydrogen-bond donors (Lipinski definition) is 2. The molecule has 0 aliphatic heterocycles. The van der Waals surface area contributed by atoms with Crippen molar-refractivity contribution in [3.05, 3.63) is 0 Å². The first-order valence-corrected chi connectivity index (χ1v) is 5.74. The molecule has 2 N–H and O–H groups in total. The Hall–Kier alpha value is -1.10. The van der Waals surface area contributed by atoms with Crippen LogP contribution in [0.1, 0.15) is 32.1 Å². The largest absolute Gasteiger partial charge is 0.480 e. The smallest absolute Gasteiger partial charge is 0.329 e. The monoisotopic (exact) mass is 229 g/mol. The molecule has 0 aromatic carbocycles. The molecule has 1 fully saturated rings. The minimum atomic E-state index is -1.06. The molecule has 92 valence electrons. The SMILES string of the molecule is O=C(O)COCC(=O)NCC1CCCCC1. The van der Waals surface area contributed by atoms with Crippen LogP contribution in [0.15, 0.2) is 0 Å². The Morgan fingerprint density at radius 2 is 1.88 bits per heavy atom. The molecule has 5 nitrogen and oxygen atoms in total. The quantitative estimate of drug-likeness (QED) is 0.706. The molecular formula is C11H19NO4. The first kappa shape index (κ1) is 13.0. The number of aliphatic carboxylic acids is 1. The van der Waals surface area contributed by atoms with Crippen LogP contribution in [-0.4, -0.2) is 36.7 Å². The van der Waals surface area contributed by atoms with Gasteiger partial charge in [0.2, 0.25) is 5.91 Å². The topological polar surface area (TPSA) is 75.6 Å². The Bertz CT molecular complexity index is 236. The zero-order valence-corrected chi connectivity index (χ0v) is 9.41. The van der Waals surface area contributed by atoms with Gasteiger partial charge in [0, 0.05) is 6.54 Å². The Balaban J connectivity index is 2.02. The molecule has 1 aliphatic carbocycles. The number of carbonyl (C=O) groups excluding carboxylic acids is 1. The second kappa shape index (κ2) is 7.22. The number of carboxylic acids is 1. The van der Waals surface area contributed by atoms with E-state index in [1.54, 1.807) is 0 Å². The fraction of sp³-hybridized carbons (Fsp3) is 0.818. The minimum Gasteiger partial charge on any atom is -0.480 e. The predicted molar refractivity (Wildman–Crippen MR) is 58.0 cm³/mol. The lowest BCUT2D eigenvalue weighted by Crippen LogP contribution is -2.33. The van der Waals surface area contributed by atoms with Crippen molar-refractivity contribution in [3.63, 3.8) is 0 Å². The highest BCUT2D eigenvalue weighted by atomic mass is 16.5. The summed E-state index contributed by atoms with van der Waals surface area (Å²) < 4.78 is 4.69. The molecule has 0 spiro atoms. The van der Waals surface area contributed by atoms with Crippen LogP contribution in [0.3, 0.4) is 0 Å². The number of amides is 1. The molecule has 0 heterocycles. The number of carbonyl (C=O) groups is 2. The van der Waals surface area contributed by atoms with E-state index < -0.39 is 12.6 Å². The van der Waals surface area contributed by atoms with Crippen LogP contribution >= 0.6 is 0 Å². The second-order valence-corrected chi connectivity index (χ2v) is 4.19. The fourth-order valence-corrected chi connectivity index (χ4v) is 1.93. The minimum absolute atomic E-state index is 0.168. The van der Waals surface area contributed by atoms with Gasteiger partial charge in [-0.1, -0.05) is 19.3 Å². The molecule has 0 radical (unpaired) electrons. The van der Waals surface area contributed by atoms with E-state index in [-0.39, 0.29) is 12.5 Å². The number of ether oxygens (including phenoxy) is 1. The third-order valence-corrected chi connectivity index (χ3v) is 2.77. The zero-order chi connectivity index (χ0) is 11.8. The standard InChI is InChI=1S/C11H19NO4/c13-10(7-16-8-11(14)15)12-6-9-4-2-1-3-5-9/h9H,1-8H2,(H,12,13)(H,14,15). The Labute approximate surface area is 95.2 Å². The second-order valence-electron chi connectivity index (χ2n) is 4.19. The van der Waals surface area contributed by atoms with Gasteiger partial charge in [0.25, 0.3) is 0 Å². The van der Waals surface area contributed by atoms with Gasteiger partial charge in [-0.05, 0) is 18.8 Å². The lowest BCUT2D eigenvalue weighted by Gasteiger charge is -2.21. The van der Waals surface area contributed by atoms with Crippen LogP contribution in [0.25, 0.3) is 0 Å². The van der Waals surface area contributed by atoms with E-state index in [1.165, 1.54) is 32.1 Å². The van der Waals surface area contributed by atoms with Crippen molar-refractivity contribution in [2.75, 3.05) is 19.8 Å². The zero-order valence-electron chi connectivity index (χ0n) is 9.41. The summed E-state index contributed by atoms with van der Waals surface area (Å²) in [5, 5.41) is 11.1. The maximum Gasteiger partial charge on any atom is 0.329 e.